The fourth-order valence-electron chi connectivity index (χ4n) is 3.01. The molecule has 0 aromatic carbocycles. The Morgan fingerprint density at radius 2 is 2.07 bits per heavy atom. The molecule has 2 aliphatic carbocycles. The predicted molar refractivity (Wildman–Crippen MR) is 64.7 cm³/mol. The number of nitrogens with one attached hydrogen (secondary N) is 1. The van der Waals surface area contributed by atoms with Crippen LogP contribution in [-0.2, 0) is 0 Å². The summed E-state index contributed by atoms with van der Waals surface area (Å²) in [5.74, 6) is 0.900. The maximum absolute atomic E-state index is 5.98. The molecular formula is C13H26N2. The van der Waals surface area contributed by atoms with E-state index < -0.39 is 0 Å². The smallest absolute Gasteiger partial charge is 0.0331 e. The van der Waals surface area contributed by atoms with E-state index in [1.165, 1.54) is 32.1 Å². The Morgan fingerprint density at radius 3 is 2.47 bits per heavy atom. The largest absolute Gasteiger partial charge is 0.329 e. The van der Waals surface area contributed by atoms with Crippen LogP contribution in [-0.4, -0.2) is 18.1 Å². The predicted octanol–water partition coefficient (Wildman–Crippen LogP) is 2.28. The number of nitrogens with two attached hydrogens (primary N) is 1. The summed E-state index contributed by atoms with van der Waals surface area (Å²) in [6, 6.07) is 0.714. The molecule has 0 radical (unpaired) electrons. The van der Waals surface area contributed by atoms with Crippen molar-refractivity contribution < 1.29 is 0 Å². The fraction of sp³-hybridized carbons (Fsp3) is 1.00. The molecule has 0 saturated heterocycles. The molecule has 3 unspecified atom stereocenters. The minimum Gasteiger partial charge on any atom is -0.329 e. The van der Waals surface area contributed by atoms with Crippen LogP contribution in [0, 0.1) is 11.3 Å². The van der Waals surface area contributed by atoms with Gasteiger partial charge in [0.2, 0.25) is 0 Å². The van der Waals surface area contributed by atoms with Gasteiger partial charge in [-0.3, -0.25) is 0 Å². The van der Waals surface area contributed by atoms with Crippen LogP contribution in [0.15, 0.2) is 0 Å². The van der Waals surface area contributed by atoms with Crippen molar-refractivity contribution >= 4 is 0 Å². The zero-order chi connectivity index (χ0) is 11.1. The normalized spacial score (nSPS) is 37.6. The van der Waals surface area contributed by atoms with E-state index in [1.807, 2.05) is 0 Å². The maximum Gasteiger partial charge on any atom is 0.0331 e. The highest BCUT2D eigenvalue weighted by Crippen LogP contribution is 2.53. The lowest BCUT2D eigenvalue weighted by molar-refractivity contribution is 0.205. The van der Waals surface area contributed by atoms with Crippen LogP contribution in [0.4, 0.5) is 0 Å². The van der Waals surface area contributed by atoms with Gasteiger partial charge < -0.3 is 11.1 Å². The van der Waals surface area contributed by atoms with E-state index in [4.69, 9.17) is 5.73 Å². The molecule has 88 valence electrons. The summed E-state index contributed by atoms with van der Waals surface area (Å²) in [5.41, 5.74) is 6.62. The van der Waals surface area contributed by atoms with Gasteiger partial charge >= 0.3 is 0 Å². The maximum atomic E-state index is 5.98. The molecule has 2 nitrogen and oxygen atoms in total. The fourth-order valence-corrected chi connectivity index (χ4v) is 3.01. The van der Waals surface area contributed by atoms with Crippen LogP contribution >= 0.6 is 0 Å². The number of hydrogen-bond acceptors (Lipinski definition) is 2. The lowest BCUT2D eigenvalue weighted by Crippen LogP contribution is -2.57. The quantitative estimate of drug-likeness (QED) is 0.747. The highest BCUT2D eigenvalue weighted by Gasteiger charge is 2.52. The van der Waals surface area contributed by atoms with Crippen molar-refractivity contribution in [2.24, 2.45) is 17.1 Å². The second-order valence-corrected chi connectivity index (χ2v) is 6.36. The van der Waals surface area contributed by atoms with Gasteiger partial charge in [-0.05, 0) is 50.4 Å². The summed E-state index contributed by atoms with van der Waals surface area (Å²) in [5, 5.41) is 3.85. The number of hydrogen-bond donors (Lipinski definition) is 2. The summed E-state index contributed by atoms with van der Waals surface area (Å²) in [7, 11) is 0. The molecule has 15 heavy (non-hydrogen) atoms. The Bertz CT molecular complexity index is 235. The van der Waals surface area contributed by atoms with Crippen LogP contribution in [0.3, 0.4) is 0 Å². The van der Waals surface area contributed by atoms with Gasteiger partial charge in [0.25, 0.3) is 0 Å². The molecule has 0 amide bonds. The van der Waals surface area contributed by atoms with Crippen LogP contribution in [0.2, 0.25) is 0 Å². The molecule has 3 N–H and O–H groups in total. The van der Waals surface area contributed by atoms with E-state index in [0.29, 0.717) is 11.5 Å². The van der Waals surface area contributed by atoms with Gasteiger partial charge in [-0.25, -0.2) is 0 Å². The molecule has 0 bridgehead atoms. The van der Waals surface area contributed by atoms with Gasteiger partial charge in [-0.15, -0.1) is 0 Å². The first-order valence-corrected chi connectivity index (χ1v) is 6.47. The van der Waals surface area contributed by atoms with Crippen LogP contribution in [0.25, 0.3) is 0 Å². The molecular weight excluding hydrogens is 184 g/mol. The van der Waals surface area contributed by atoms with Gasteiger partial charge in [-0.2, -0.15) is 0 Å². The zero-order valence-electron chi connectivity index (χ0n) is 10.5. The highest BCUT2D eigenvalue weighted by atomic mass is 15.1. The van der Waals surface area contributed by atoms with Gasteiger partial charge in [0.1, 0.15) is 0 Å². The van der Waals surface area contributed by atoms with Crippen LogP contribution in [0.5, 0.6) is 0 Å². The Hall–Kier alpha value is -0.0800. The summed E-state index contributed by atoms with van der Waals surface area (Å²) < 4.78 is 0. The first kappa shape index (κ1) is 11.4. The topological polar surface area (TPSA) is 38.0 Å². The SMILES string of the molecule is CC1CCC(NC(C)(CN)C2(C)CC2)C1. The van der Waals surface area contributed by atoms with Crippen molar-refractivity contribution in [3.05, 3.63) is 0 Å². The minimum absolute atomic E-state index is 0.168. The molecule has 0 aromatic rings. The van der Waals surface area contributed by atoms with Crippen molar-refractivity contribution in [3.63, 3.8) is 0 Å². The standard InChI is InChI=1S/C13H26N2/c1-10-4-5-11(8-10)15-13(3,9-14)12(2)6-7-12/h10-11,15H,4-9,14H2,1-3H3. The lowest BCUT2D eigenvalue weighted by Gasteiger charge is -2.39. The van der Waals surface area contributed by atoms with E-state index in [2.05, 4.69) is 26.1 Å². The summed E-state index contributed by atoms with van der Waals surface area (Å²) in [6.45, 7) is 7.84. The Morgan fingerprint density at radius 1 is 1.40 bits per heavy atom. The van der Waals surface area contributed by atoms with Gasteiger partial charge in [0, 0.05) is 18.1 Å². The monoisotopic (exact) mass is 210 g/mol. The highest BCUT2D eigenvalue weighted by molar-refractivity contribution is 5.09. The van der Waals surface area contributed by atoms with Crippen molar-refractivity contribution in [2.75, 3.05) is 6.54 Å². The molecule has 0 aromatic heterocycles. The molecule has 2 saturated carbocycles. The Balaban J connectivity index is 1.96. The number of rotatable bonds is 4. The third kappa shape index (κ3) is 2.07. The third-order valence-corrected chi connectivity index (χ3v) is 4.96. The van der Waals surface area contributed by atoms with Crippen molar-refractivity contribution in [1.29, 1.82) is 0 Å². The van der Waals surface area contributed by atoms with Crippen LogP contribution in [0.1, 0.15) is 52.9 Å². The van der Waals surface area contributed by atoms with E-state index in [1.54, 1.807) is 0 Å². The third-order valence-electron chi connectivity index (χ3n) is 4.96. The van der Waals surface area contributed by atoms with Crippen molar-refractivity contribution in [2.45, 2.75) is 64.5 Å². The lowest BCUT2D eigenvalue weighted by atomic mass is 9.83. The molecule has 2 fully saturated rings. The van der Waals surface area contributed by atoms with Gasteiger partial charge in [0.05, 0.1) is 0 Å². The summed E-state index contributed by atoms with van der Waals surface area (Å²) >= 11 is 0. The molecule has 2 rings (SSSR count). The average molecular weight is 210 g/mol. The molecule has 0 aliphatic heterocycles. The summed E-state index contributed by atoms with van der Waals surface area (Å²) in [4.78, 5) is 0. The van der Waals surface area contributed by atoms with E-state index in [0.717, 1.165) is 12.5 Å². The molecule has 2 aliphatic rings. The molecule has 3 atom stereocenters. The Kier molecular flexibility index (Phi) is 2.85. The second-order valence-electron chi connectivity index (χ2n) is 6.36. The molecule has 0 spiro atoms. The Labute approximate surface area is 94.0 Å². The average Bonchev–Trinajstić information content (AvgIpc) is 2.83. The zero-order valence-corrected chi connectivity index (χ0v) is 10.5. The minimum atomic E-state index is 0.168. The molecule has 2 heteroatoms. The van der Waals surface area contributed by atoms with E-state index >= 15 is 0 Å². The second kappa shape index (κ2) is 3.74. The summed E-state index contributed by atoms with van der Waals surface area (Å²) in [6.07, 6.45) is 6.75. The van der Waals surface area contributed by atoms with E-state index in [-0.39, 0.29) is 5.54 Å². The van der Waals surface area contributed by atoms with Gasteiger partial charge in [-0.1, -0.05) is 13.8 Å². The molecule has 0 heterocycles. The van der Waals surface area contributed by atoms with Crippen molar-refractivity contribution in [3.8, 4) is 0 Å². The van der Waals surface area contributed by atoms with Gasteiger partial charge in [0.15, 0.2) is 0 Å². The van der Waals surface area contributed by atoms with E-state index in [9.17, 15) is 0 Å². The first-order valence-electron chi connectivity index (χ1n) is 6.47. The first-order chi connectivity index (χ1) is 6.99. The van der Waals surface area contributed by atoms with Crippen LogP contribution < -0.4 is 11.1 Å². The van der Waals surface area contributed by atoms with Crippen molar-refractivity contribution in [1.82, 2.24) is 5.32 Å².